The number of furan rings is 1. The smallest absolute Gasteiger partial charge is 0.226 e. The van der Waals surface area contributed by atoms with E-state index < -0.39 is 0 Å². The van der Waals surface area contributed by atoms with Gasteiger partial charge in [0.15, 0.2) is 11.6 Å². The van der Waals surface area contributed by atoms with Crippen LogP contribution < -0.4 is 0 Å². The van der Waals surface area contributed by atoms with Crippen molar-refractivity contribution in [3.8, 4) is 22.9 Å². The Hall–Kier alpha value is -3.31. The van der Waals surface area contributed by atoms with Gasteiger partial charge in [-0.2, -0.15) is 9.97 Å². The number of hydrogen-bond donors (Lipinski definition) is 0. The summed E-state index contributed by atoms with van der Waals surface area (Å²) in [6, 6.07) is 19.3. The van der Waals surface area contributed by atoms with Gasteiger partial charge in [0.2, 0.25) is 5.28 Å². The van der Waals surface area contributed by atoms with Crippen LogP contribution >= 0.6 is 11.6 Å². The molecule has 0 fully saturated rings. The Balaban J connectivity index is 1.77. The SMILES string of the molecule is Clc1nc(-c2ccccn2)nc(-c2cccc3c2oc2ccccc23)n1. The highest BCUT2D eigenvalue weighted by molar-refractivity contribution is 6.28. The molecule has 0 N–H and O–H groups in total. The van der Waals surface area contributed by atoms with Crippen molar-refractivity contribution in [2.24, 2.45) is 0 Å². The second-order valence-electron chi connectivity index (χ2n) is 5.75. The van der Waals surface area contributed by atoms with Crippen molar-refractivity contribution in [3.05, 3.63) is 72.1 Å². The summed E-state index contributed by atoms with van der Waals surface area (Å²) < 4.78 is 6.06. The van der Waals surface area contributed by atoms with E-state index in [4.69, 9.17) is 16.0 Å². The second kappa shape index (κ2) is 5.89. The van der Waals surface area contributed by atoms with Crippen molar-refractivity contribution >= 4 is 33.5 Å². The van der Waals surface area contributed by atoms with Gasteiger partial charge >= 0.3 is 0 Å². The lowest BCUT2D eigenvalue weighted by Gasteiger charge is -2.04. The summed E-state index contributed by atoms with van der Waals surface area (Å²) in [5, 5.41) is 2.17. The molecule has 0 aliphatic heterocycles. The number of rotatable bonds is 2. The molecule has 0 amide bonds. The van der Waals surface area contributed by atoms with Gasteiger partial charge in [-0.15, -0.1) is 0 Å². The molecular weight excluding hydrogens is 348 g/mol. The van der Waals surface area contributed by atoms with Crippen LogP contribution in [0.1, 0.15) is 0 Å². The van der Waals surface area contributed by atoms with Crippen LogP contribution in [0.5, 0.6) is 0 Å². The first-order valence-electron chi connectivity index (χ1n) is 8.03. The molecule has 26 heavy (non-hydrogen) atoms. The predicted molar refractivity (Wildman–Crippen MR) is 101 cm³/mol. The zero-order chi connectivity index (χ0) is 17.5. The van der Waals surface area contributed by atoms with Crippen molar-refractivity contribution in [1.29, 1.82) is 0 Å². The molecule has 0 unspecified atom stereocenters. The molecule has 5 nitrogen and oxygen atoms in total. The van der Waals surface area contributed by atoms with Crippen LogP contribution in [0.3, 0.4) is 0 Å². The van der Waals surface area contributed by atoms with E-state index in [-0.39, 0.29) is 5.28 Å². The lowest BCUT2D eigenvalue weighted by Crippen LogP contribution is -1.98. The lowest BCUT2D eigenvalue weighted by atomic mass is 10.1. The lowest BCUT2D eigenvalue weighted by molar-refractivity contribution is 0.669. The fourth-order valence-corrected chi connectivity index (χ4v) is 3.16. The van der Waals surface area contributed by atoms with Gasteiger partial charge in [-0.25, -0.2) is 4.98 Å². The van der Waals surface area contributed by atoms with Crippen LogP contribution in [0.4, 0.5) is 0 Å². The zero-order valence-electron chi connectivity index (χ0n) is 13.4. The topological polar surface area (TPSA) is 64.7 Å². The molecule has 3 aromatic heterocycles. The van der Waals surface area contributed by atoms with Crippen LogP contribution in [0.2, 0.25) is 5.28 Å². The number of hydrogen-bond acceptors (Lipinski definition) is 5. The van der Waals surface area contributed by atoms with Crippen molar-refractivity contribution in [2.75, 3.05) is 0 Å². The fourth-order valence-electron chi connectivity index (χ4n) is 3.00. The van der Waals surface area contributed by atoms with E-state index in [9.17, 15) is 0 Å². The average Bonchev–Trinajstić information content (AvgIpc) is 3.07. The Morgan fingerprint density at radius 3 is 2.42 bits per heavy atom. The zero-order valence-corrected chi connectivity index (χ0v) is 14.2. The first-order valence-corrected chi connectivity index (χ1v) is 8.41. The minimum atomic E-state index is 0.115. The summed E-state index contributed by atoms with van der Waals surface area (Å²) in [5.74, 6) is 0.879. The number of para-hydroxylation sites is 2. The Morgan fingerprint density at radius 2 is 1.54 bits per heavy atom. The quantitative estimate of drug-likeness (QED) is 0.436. The standard InChI is InChI=1S/C20H11ClN4O/c21-20-24-18(23-19(25-20)15-9-3-4-11-22-15)14-8-5-7-13-12-6-1-2-10-16(12)26-17(13)14/h1-11H. The molecule has 0 radical (unpaired) electrons. The molecule has 6 heteroatoms. The molecule has 0 saturated heterocycles. The molecular formula is C20H11ClN4O. The van der Waals surface area contributed by atoms with Crippen LogP contribution in [0.15, 0.2) is 71.3 Å². The molecule has 0 bridgehead atoms. The highest BCUT2D eigenvalue weighted by atomic mass is 35.5. The van der Waals surface area contributed by atoms with Gasteiger partial charge < -0.3 is 4.42 Å². The fraction of sp³-hybridized carbons (Fsp3) is 0. The van der Waals surface area contributed by atoms with E-state index >= 15 is 0 Å². The van der Waals surface area contributed by atoms with Gasteiger partial charge in [-0.05, 0) is 35.9 Å². The van der Waals surface area contributed by atoms with E-state index in [0.29, 0.717) is 17.3 Å². The third-order valence-corrected chi connectivity index (χ3v) is 4.32. The van der Waals surface area contributed by atoms with E-state index in [1.54, 1.807) is 6.20 Å². The summed E-state index contributed by atoms with van der Waals surface area (Å²) in [4.78, 5) is 17.4. The summed E-state index contributed by atoms with van der Waals surface area (Å²) >= 11 is 6.16. The predicted octanol–water partition coefficient (Wildman–Crippen LogP) is 5.15. The maximum absolute atomic E-state index is 6.16. The van der Waals surface area contributed by atoms with Crippen molar-refractivity contribution < 1.29 is 4.42 Å². The van der Waals surface area contributed by atoms with Gasteiger partial charge in [-0.3, -0.25) is 4.98 Å². The van der Waals surface area contributed by atoms with Crippen molar-refractivity contribution in [3.63, 3.8) is 0 Å². The number of aromatic nitrogens is 4. The third-order valence-electron chi connectivity index (χ3n) is 4.15. The van der Waals surface area contributed by atoms with Gasteiger partial charge in [0.25, 0.3) is 0 Å². The Morgan fingerprint density at radius 1 is 0.731 bits per heavy atom. The minimum absolute atomic E-state index is 0.115. The van der Waals surface area contributed by atoms with Crippen LogP contribution in [-0.4, -0.2) is 19.9 Å². The molecule has 0 atom stereocenters. The normalized spacial score (nSPS) is 11.3. The minimum Gasteiger partial charge on any atom is -0.455 e. The molecule has 5 aromatic rings. The maximum atomic E-state index is 6.16. The number of halogens is 1. The van der Waals surface area contributed by atoms with Gasteiger partial charge in [0.05, 0.1) is 5.56 Å². The van der Waals surface area contributed by atoms with Crippen LogP contribution in [0.25, 0.3) is 44.8 Å². The first-order chi connectivity index (χ1) is 12.8. The van der Waals surface area contributed by atoms with Crippen LogP contribution in [0, 0.1) is 0 Å². The van der Waals surface area contributed by atoms with Gasteiger partial charge in [-0.1, -0.05) is 36.4 Å². The summed E-state index contributed by atoms with van der Waals surface area (Å²) in [5.41, 5.74) is 2.94. The van der Waals surface area contributed by atoms with Crippen molar-refractivity contribution in [2.45, 2.75) is 0 Å². The summed E-state index contributed by atoms with van der Waals surface area (Å²) in [7, 11) is 0. The summed E-state index contributed by atoms with van der Waals surface area (Å²) in [6.45, 7) is 0. The van der Waals surface area contributed by atoms with Gasteiger partial charge in [0.1, 0.15) is 16.9 Å². The molecule has 5 rings (SSSR count). The van der Waals surface area contributed by atoms with Crippen LogP contribution in [-0.2, 0) is 0 Å². The highest BCUT2D eigenvalue weighted by Crippen LogP contribution is 2.34. The first kappa shape index (κ1) is 15.0. The molecule has 124 valence electrons. The molecule has 2 aromatic carbocycles. The largest absolute Gasteiger partial charge is 0.455 e. The van der Waals surface area contributed by atoms with Gasteiger partial charge in [0, 0.05) is 17.0 Å². The second-order valence-corrected chi connectivity index (χ2v) is 6.09. The average molecular weight is 359 g/mol. The number of nitrogens with zero attached hydrogens (tertiary/aromatic N) is 4. The Labute approximate surface area is 153 Å². The Bertz CT molecular complexity index is 1250. The molecule has 3 heterocycles. The molecule has 0 aliphatic carbocycles. The van der Waals surface area contributed by atoms with E-state index in [2.05, 4.69) is 19.9 Å². The number of fused-ring (bicyclic) bond motifs is 3. The molecule has 0 spiro atoms. The molecule has 0 saturated carbocycles. The summed E-state index contributed by atoms with van der Waals surface area (Å²) in [6.07, 6.45) is 1.69. The number of pyridine rings is 1. The number of benzene rings is 2. The monoisotopic (exact) mass is 358 g/mol. The highest BCUT2D eigenvalue weighted by Gasteiger charge is 2.16. The van der Waals surface area contributed by atoms with E-state index in [1.165, 1.54) is 0 Å². The van der Waals surface area contributed by atoms with E-state index in [1.807, 2.05) is 60.7 Å². The van der Waals surface area contributed by atoms with Crippen molar-refractivity contribution in [1.82, 2.24) is 19.9 Å². The molecule has 0 aliphatic rings. The third kappa shape index (κ3) is 2.41. The van der Waals surface area contributed by atoms with E-state index in [0.717, 1.165) is 27.5 Å². The maximum Gasteiger partial charge on any atom is 0.226 e. The Kier molecular flexibility index (Phi) is 3.40.